The maximum atomic E-state index is 12.9. The van der Waals surface area contributed by atoms with Gasteiger partial charge in [-0.15, -0.1) is 11.3 Å². The number of carbonyl (C=O) groups is 2. The molecular weight excluding hydrogens is 428 g/mol. The molecule has 8 nitrogen and oxygen atoms in total. The zero-order valence-corrected chi connectivity index (χ0v) is 18.3. The second kappa shape index (κ2) is 8.01. The van der Waals surface area contributed by atoms with Gasteiger partial charge in [-0.1, -0.05) is 18.2 Å². The van der Waals surface area contributed by atoms with E-state index < -0.39 is 0 Å². The standard InChI is InChI=1S/C23H20N4O4S/c1-13-16-10-20(32-23(16)27(2)26-13)22(29)25-17-6-4-3-5-15(17)21(28)24-11-14-7-8-18-19(9-14)31-12-30-18/h3-10H,11-12H2,1-2H3,(H,24,28)(H,25,29). The van der Waals surface area contributed by atoms with Crippen LogP contribution in [0, 0.1) is 6.92 Å². The molecule has 0 saturated heterocycles. The molecule has 2 amide bonds. The quantitative estimate of drug-likeness (QED) is 0.484. The summed E-state index contributed by atoms with van der Waals surface area (Å²) >= 11 is 1.37. The lowest BCUT2D eigenvalue weighted by molar-refractivity contribution is 0.0951. The fourth-order valence-electron chi connectivity index (χ4n) is 3.62. The molecule has 162 valence electrons. The van der Waals surface area contributed by atoms with Gasteiger partial charge in [-0.3, -0.25) is 14.3 Å². The number of amides is 2. The number of nitrogens with zero attached hydrogens (tertiary/aromatic N) is 2. The predicted octanol–water partition coefficient (Wildman–Crippen LogP) is 3.85. The first-order valence-corrected chi connectivity index (χ1v) is 10.8. The Morgan fingerprint density at radius 1 is 1.09 bits per heavy atom. The first kappa shape index (κ1) is 20.1. The number of aryl methyl sites for hydroxylation is 2. The molecule has 0 spiro atoms. The van der Waals surface area contributed by atoms with Gasteiger partial charge in [0, 0.05) is 19.0 Å². The van der Waals surface area contributed by atoms with Crippen LogP contribution in [-0.4, -0.2) is 28.4 Å². The minimum Gasteiger partial charge on any atom is -0.454 e. The van der Waals surface area contributed by atoms with Crippen molar-refractivity contribution in [3.05, 3.63) is 70.2 Å². The van der Waals surface area contributed by atoms with Gasteiger partial charge in [0.1, 0.15) is 4.83 Å². The topological polar surface area (TPSA) is 94.5 Å². The first-order valence-electron chi connectivity index (χ1n) is 10.00. The smallest absolute Gasteiger partial charge is 0.265 e. The molecular formula is C23H20N4O4S. The van der Waals surface area contributed by atoms with Crippen LogP contribution >= 0.6 is 11.3 Å². The van der Waals surface area contributed by atoms with Gasteiger partial charge in [-0.05, 0) is 42.8 Å². The van der Waals surface area contributed by atoms with Crippen molar-refractivity contribution in [2.75, 3.05) is 12.1 Å². The average molecular weight is 449 g/mol. The van der Waals surface area contributed by atoms with Crippen LogP contribution in [0.25, 0.3) is 10.2 Å². The van der Waals surface area contributed by atoms with Gasteiger partial charge in [0.15, 0.2) is 11.5 Å². The number of fused-ring (bicyclic) bond motifs is 2. The fourth-order valence-corrected chi connectivity index (χ4v) is 4.64. The average Bonchev–Trinajstić information content (AvgIpc) is 3.49. The summed E-state index contributed by atoms with van der Waals surface area (Å²) in [7, 11) is 1.85. The van der Waals surface area contributed by atoms with Crippen LogP contribution in [0.3, 0.4) is 0 Å². The van der Waals surface area contributed by atoms with Crippen LogP contribution in [-0.2, 0) is 13.6 Å². The number of rotatable bonds is 5. The Kier molecular flexibility index (Phi) is 5.02. The fraction of sp³-hybridized carbons (Fsp3) is 0.174. The third-order valence-electron chi connectivity index (χ3n) is 5.23. The number of para-hydroxylation sites is 1. The molecule has 0 bridgehead atoms. The van der Waals surface area contributed by atoms with Gasteiger partial charge in [0.05, 0.1) is 21.8 Å². The van der Waals surface area contributed by atoms with E-state index in [1.54, 1.807) is 28.9 Å². The number of anilines is 1. The van der Waals surface area contributed by atoms with Gasteiger partial charge in [0.25, 0.3) is 11.8 Å². The Balaban J connectivity index is 1.31. The van der Waals surface area contributed by atoms with Gasteiger partial charge >= 0.3 is 0 Å². The van der Waals surface area contributed by atoms with E-state index in [1.165, 1.54) is 11.3 Å². The lowest BCUT2D eigenvalue weighted by Gasteiger charge is -2.11. The van der Waals surface area contributed by atoms with Gasteiger partial charge < -0.3 is 20.1 Å². The second-order valence-electron chi connectivity index (χ2n) is 7.41. The third kappa shape index (κ3) is 3.67. The second-order valence-corrected chi connectivity index (χ2v) is 8.44. The minimum atomic E-state index is -0.282. The Hall–Kier alpha value is -3.85. The lowest BCUT2D eigenvalue weighted by atomic mass is 10.1. The monoisotopic (exact) mass is 448 g/mol. The van der Waals surface area contributed by atoms with Crippen LogP contribution in [0.5, 0.6) is 11.5 Å². The van der Waals surface area contributed by atoms with Crippen LogP contribution in [0.15, 0.2) is 48.5 Å². The highest BCUT2D eigenvalue weighted by atomic mass is 32.1. The Bertz CT molecular complexity index is 1320. The SMILES string of the molecule is Cc1nn(C)c2sc(C(=O)Nc3ccccc3C(=O)NCc3ccc4c(c3)OCO4)cc12. The number of hydrogen-bond acceptors (Lipinski definition) is 6. The number of hydrogen-bond donors (Lipinski definition) is 2. The molecule has 2 N–H and O–H groups in total. The van der Waals surface area contributed by atoms with Gasteiger partial charge in [-0.2, -0.15) is 5.10 Å². The normalized spacial score (nSPS) is 12.2. The molecule has 2 aromatic heterocycles. The summed E-state index contributed by atoms with van der Waals surface area (Å²) in [6.45, 7) is 2.44. The van der Waals surface area contributed by atoms with E-state index in [-0.39, 0.29) is 18.6 Å². The van der Waals surface area contributed by atoms with Crippen molar-refractivity contribution < 1.29 is 19.1 Å². The van der Waals surface area contributed by atoms with Gasteiger partial charge in [-0.25, -0.2) is 0 Å². The Morgan fingerprint density at radius 3 is 2.75 bits per heavy atom. The highest BCUT2D eigenvalue weighted by Crippen LogP contribution is 2.32. The number of thiophene rings is 1. The maximum Gasteiger partial charge on any atom is 0.265 e. The molecule has 1 aliphatic rings. The van der Waals surface area contributed by atoms with Crippen molar-refractivity contribution in [2.24, 2.45) is 7.05 Å². The maximum absolute atomic E-state index is 12.9. The summed E-state index contributed by atoms with van der Waals surface area (Å²) in [5.41, 5.74) is 2.60. The molecule has 2 aromatic carbocycles. The van der Waals surface area contributed by atoms with E-state index in [0.29, 0.717) is 34.2 Å². The van der Waals surface area contributed by atoms with Crippen LogP contribution in [0.4, 0.5) is 5.69 Å². The molecule has 0 radical (unpaired) electrons. The number of carbonyl (C=O) groups excluding carboxylic acids is 2. The van der Waals surface area contributed by atoms with Crippen molar-refractivity contribution in [2.45, 2.75) is 13.5 Å². The van der Waals surface area contributed by atoms with Crippen LogP contribution < -0.4 is 20.1 Å². The van der Waals surface area contributed by atoms with Crippen molar-refractivity contribution in [1.82, 2.24) is 15.1 Å². The molecule has 9 heteroatoms. The molecule has 0 saturated carbocycles. The molecule has 0 unspecified atom stereocenters. The molecule has 1 aliphatic heterocycles. The minimum absolute atomic E-state index is 0.202. The zero-order chi connectivity index (χ0) is 22.2. The molecule has 32 heavy (non-hydrogen) atoms. The molecule has 0 fully saturated rings. The van der Waals surface area contributed by atoms with E-state index in [1.807, 2.05) is 38.2 Å². The van der Waals surface area contributed by atoms with E-state index in [0.717, 1.165) is 21.5 Å². The first-order chi connectivity index (χ1) is 15.5. The number of benzene rings is 2. The van der Waals surface area contributed by atoms with Crippen LogP contribution in [0.1, 0.15) is 31.3 Å². The van der Waals surface area contributed by atoms with Crippen molar-refractivity contribution in [1.29, 1.82) is 0 Å². The van der Waals surface area contributed by atoms with Gasteiger partial charge in [0.2, 0.25) is 6.79 Å². The van der Waals surface area contributed by atoms with Crippen molar-refractivity contribution in [3.8, 4) is 11.5 Å². The van der Waals surface area contributed by atoms with Crippen molar-refractivity contribution in [3.63, 3.8) is 0 Å². The Labute approximate surface area is 187 Å². The summed E-state index contributed by atoms with van der Waals surface area (Å²) in [5.74, 6) is 0.815. The molecule has 0 atom stereocenters. The van der Waals surface area contributed by atoms with Crippen molar-refractivity contribution >= 4 is 39.1 Å². The van der Waals surface area contributed by atoms with Crippen LogP contribution in [0.2, 0.25) is 0 Å². The third-order valence-corrected chi connectivity index (χ3v) is 6.43. The molecule has 0 aliphatic carbocycles. The summed E-state index contributed by atoms with van der Waals surface area (Å²) < 4.78 is 12.5. The number of ether oxygens (including phenoxy) is 2. The van der Waals surface area contributed by atoms with E-state index in [4.69, 9.17) is 9.47 Å². The van der Waals surface area contributed by atoms with E-state index >= 15 is 0 Å². The summed E-state index contributed by atoms with van der Waals surface area (Å²) in [4.78, 5) is 27.2. The Morgan fingerprint density at radius 2 is 1.91 bits per heavy atom. The molecule has 3 heterocycles. The summed E-state index contributed by atoms with van der Waals surface area (Å²) in [5, 5.41) is 11.1. The summed E-state index contributed by atoms with van der Waals surface area (Å²) in [6.07, 6.45) is 0. The number of aromatic nitrogens is 2. The highest BCUT2D eigenvalue weighted by Gasteiger charge is 2.18. The largest absolute Gasteiger partial charge is 0.454 e. The number of nitrogens with one attached hydrogen (secondary N) is 2. The zero-order valence-electron chi connectivity index (χ0n) is 17.5. The van der Waals surface area contributed by atoms with E-state index in [9.17, 15) is 9.59 Å². The lowest BCUT2D eigenvalue weighted by Crippen LogP contribution is -2.24. The predicted molar refractivity (Wildman–Crippen MR) is 121 cm³/mol. The van der Waals surface area contributed by atoms with E-state index in [2.05, 4.69) is 15.7 Å². The summed E-state index contributed by atoms with van der Waals surface area (Å²) in [6, 6.07) is 14.3. The molecule has 4 aromatic rings. The highest BCUT2D eigenvalue weighted by molar-refractivity contribution is 7.20. The molecule has 5 rings (SSSR count).